The summed E-state index contributed by atoms with van der Waals surface area (Å²) >= 11 is 0. The molecule has 0 aliphatic carbocycles. The highest BCUT2D eigenvalue weighted by atomic mass is 19.4. The summed E-state index contributed by atoms with van der Waals surface area (Å²) < 4.78 is 40.8. The second kappa shape index (κ2) is 8.35. The van der Waals surface area contributed by atoms with E-state index < -0.39 is 11.7 Å². The molecule has 0 spiro atoms. The molecular formula is C25H21F3N4O. The van der Waals surface area contributed by atoms with Crippen molar-refractivity contribution in [2.24, 2.45) is 0 Å². The summed E-state index contributed by atoms with van der Waals surface area (Å²) in [5, 5.41) is 8.59. The Kier molecular flexibility index (Phi) is 5.36. The van der Waals surface area contributed by atoms with E-state index >= 15 is 0 Å². The molecule has 2 aromatic carbocycles. The molecule has 5 nitrogen and oxygen atoms in total. The normalized spacial score (nSPS) is 16.8. The van der Waals surface area contributed by atoms with Crippen LogP contribution in [0, 0.1) is 0 Å². The number of hydrogen-bond acceptors (Lipinski definition) is 3. The molecular weight excluding hydrogens is 429 g/mol. The average molecular weight is 450 g/mol. The first-order valence-corrected chi connectivity index (χ1v) is 10.8. The molecule has 4 aromatic rings. The fourth-order valence-corrected chi connectivity index (χ4v) is 4.44. The molecule has 3 heterocycles. The lowest BCUT2D eigenvalue weighted by Gasteiger charge is -2.32. The van der Waals surface area contributed by atoms with Gasteiger partial charge in [0.25, 0.3) is 5.91 Å². The van der Waals surface area contributed by atoms with E-state index in [1.54, 1.807) is 29.2 Å². The summed E-state index contributed by atoms with van der Waals surface area (Å²) in [5.74, 6) is 0.751. The summed E-state index contributed by atoms with van der Waals surface area (Å²) in [6, 6.07) is 17.7. The molecule has 1 aliphatic rings. The largest absolute Gasteiger partial charge is 0.416 e. The van der Waals surface area contributed by atoms with Gasteiger partial charge in [-0.05, 0) is 54.3 Å². The van der Waals surface area contributed by atoms with E-state index in [2.05, 4.69) is 10.2 Å². The van der Waals surface area contributed by atoms with E-state index in [0.717, 1.165) is 36.4 Å². The van der Waals surface area contributed by atoms with Crippen LogP contribution < -0.4 is 0 Å². The van der Waals surface area contributed by atoms with Crippen LogP contribution in [0.5, 0.6) is 0 Å². The van der Waals surface area contributed by atoms with Crippen molar-refractivity contribution in [2.45, 2.75) is 24.9 Å². The van der Waals surface area contributed by atoms with E-state index in [1.165, 1.54) is 12.1 Å². The zero-order chi connectivity index (χ0) is 23.0. The molecule has 1 aliphatic heterocycles. The van der Waals surface area contributed by atoms with Crippen molar-refractivity contribution >= 4 is 11.6 Å². The smallest absolute Gasteiger partial charge is 0.338 e. The molecule has 0 saturated carbocycles. The van der Waals surface area contributed by atoms with Crippen LogP contribution in [-0.4, -0.2) is 38.5 Å². The Morgan fingerprint density at radius 1 is 0.939 bits per heavy atom. The number of halogens is 3. The minimum Gasteiger partial charge on any atom is -0.338 e. The first kappa shape index (κ1) is 21.2. The quantitative estimate of drug-likeness (QED) is 0.418. The molecule has 0 bridgehead atoms. The van der Waals surface area contributed by atoms with Gasteiger partial charge in [-0.15, -0.1) is 10.2 Å². The number of amides is 1. The predicted octanol–water partition coefficient (Wildman–Crippen LogP) is 5.43. The number of rotatable bonds is 3. The van der Waals surface area contributed by atoms with Gasteiger partial charge in [-0.2, -0.15) is 13.2 Å². The highest BCUT2D eigenvalue weighted by Gasteiger charge is 2.31. The lowest BCUT2D eigenvalue weighted by molar-refractivity contribution is -0.137. The van der Waals surface area contributed by atoms with Gasteiger partial charge in [0, 0.05) is 30.8 Å². The number of alkyl halides is 3. The third-order valence-corrected chi connectivity index (χ3v) is 6.09. The number of piperidine rings is 1. The number of likely N-dealkylation sites (tertiary alicyclic amines) is 1. The van der Waals surface area contributed by atoms with Crippen LogP contribution >= 0.6 is 0 Å². The summed E-state index contributed by atoms with van der Waals surface area (Å²) in [7, 11) is 0. The van der Waals surface area contributed by atoms with Crippen molar-refractivity contribution in [3.63, 3.8) is 0 Å². The van der Waals surface area contributed by atoms with Gasteiger partial charge in [-0.1, -0.05) is 36.4 Å². The fraction of sp³-hybridized carbons (Fsp3) is 0.240. The number of fused-ring (bicyclic) bond motifs is 1. The SMILES string of the molecule is O=C(c1ccccc1-c1ccc(C(F)(F)F)cc1)N1CCC[C@@H](c2nnc3ccccn23)C1. The number of aromatic nitrogens is 3. The van der Waals surface area contributed by atoms with Gasteiger partial charge >= 0.3 is 6.18 Å². The van der Waals surface area contributed by atoms with Crippen LogP contribution in [0.3, 0.4) is 0 Å². The lowest BCUT2D eigenvalue weighted by Crippen LogP contribution is -2.39. The van der Waals surface area contributed by atoms with Crippen molar-refractivity contribution in [3.8, 4) is 11.1 Å². The Labute approximate surface area is 188 Å². The van der Waals surface area contributed by atoms with Crippen molar-refractivity contribution < 1.29 is 18.0 Å². The van der Waals surface area contributed by atoms with Crippen molar-refractivity contribution in [2.75, 3.05) is 13.1 Å². The highest BCUT2D eigenvalue weighted by molar-refractivity contribution is 6.01. The van der Waals surface area contributed by atoms with Crippen LogP contribution in [0.2, 0.25) is 0 Å². The number of nitrogens with zero attached hydrogens (tertiary/aromatic N) is 4. The summed E-state index contributed by atoms with van der Waals surface area (Å²) in [6.45, 7) is 1.13. The third-order valence-electron chi connectivity index (χ3n) is 6.09. The van der Waals surface area contributed by atoms with Crippen molar-refractivity contribution in [1.82, 2.24) is 19.5 Å². The van der Waals surface area contributed by atoms with E-state index in [9.17, 15) is 18.0 Å². The van der Waals surface area contributed by atoms with E-state index in [1.807, 2.05) is 28.8 Å². The van der Waals surface area contributed by atoms with Crippen LogP contribution in [0.1, 0.15) is 40.5 Å². The zero-order valence-electron chi connectivity index (χ0n) is 17.7. The summed E-state index contributed by atoms with van der Waals surface area (Å²) in [4.78, 5) is 15.3. The van der Waals surface area contributed by atoms with Gasteiger partial charge in [0.15, 0.2) is 5.65 Å². The molecule has 2 aromatic heterocycles. The topological polar surface area (TPSA) is 50.5 Å². The zero-order valence-corrected chi connectivity index (χ0v) is 17.7. The van der Waals surface area contributed by atoms with Crippen LogP contribution in [0.15, 0.2) is 72.9 Å². The number of benzene rings is 2. The maximum atomic E-state index is 13.5. The molecule has 1 amide bonds. The van der Waals surface area contributed by atoms with Crippen molar-refractivity contribution in [3.05, 3.63) is 89.9 Å². The number of hydrogen-bond donors (Lipinski definition) is 0. The maximum absolute atomic E-state index is 13.5. The molecule has 5 rings (SSSR count). The monoisotopic (exact) mass is 450 g/mol. The van der Waals surface area contributed by atoms with Gasteiger partial charge in [0.05, 0.1) is 5.56 Å². The molecule has 1 atom stereocenters. The van der Waals surface area contributed by atoms with Gasteiger partial charge in [0.2, 0.25) is 0 Å². The van der Waals surface area contributed by atoms with Gasteiger partial charge < -0.3 is 4.90 Å². The Balaban J connectivity index is 1.42. The van der Waals surface area contributed by atoms with E-state index in [0.29, 0.717) is 29.8 Å². The number of carbonyl (C=O) groups excluding carboxylic acids is 1. The van der Waals surface area contributed by atoms with E-state index in [-0.39, 0.29) is 11.8 Å². The first-order valence-electron chi connectivity index (χ1n) is 10.8. The predicted molar refractivity (Wildman–Crippen MR) is 118 cm³/mol. The standard InChI is InChI=1S/C25H21F3N4O/c26-25(27,28)19-12-10-17(11-13-19)20-7-1-2-8-21(20)24(33)31-14-5-6-18(16-31)23-30-29-22-9-3-4-15-32(22)23/h1-4,7-13,15,18H,5-6,14,16H2/t18-/m1/s1. The van der Waals surface area contributed by atoms with Crippen molar-refractivity contribution in [1.29, 1.82) is 0 Å². The Morgan fingerprint density at radius 2 is 1.70 bits per heavy atom. The number of carbonyl (C=O) groups is 1. The fourth-order valence-electron chi connectivity index (χ4n) is 4.44. The Morgan fingerprint density at radius 3 is 2.48 bits per heavy atom. The lowest BCUT2D eigenvalue weighted by atomic mass is 9.94. The second-order valence-corrected chi connectivity index (χ2v) is 8.20. The molecule has 0 N–H and O–H groups in total. The summed E-state index contributed by atoms with van der Waals surface area (Å²) in [6.07, 6.45) is -0.742. The molecule has 1 fully saturated rings. The molecule has 8 heteroatoms. The Bertz CT molecular complexity index is 1300. The van der Waals surface area contributed by atoms with Crippen LogP contribution in [0.25, 0.3) is 16.8 Å². The summed E-state index contributed by atoms with van der Waals surface area (Å²) in [5.41, 5.74) is 1.72. The van der Waals surface area contributed by atoms with Gasteiger partial charge in [0.1, 0.15) is 5.82 Å². The van der Waals surface area contributed by atoms with E-state index in [4.69, 9.17) is 0 Å². The number of pyridine rings is 1. The molecule has 33 heavy (non-hydrogen) atoms. The molecule has 168 valence electrons. The maximum Gasteiger partial charge on any atom is 0.416 e. The van der Waals surface area contributed by atoms with Crippen LogP contribution in [0.4, 0.5) is 13.2 Å². The highest BCUT2D eigenvalue weighted by Crippen LogP contribution is 2.33. The van der Waals surface area contributed by atoms with Gasteiger partial charge in [-0.3, -0.25) is 9.20 Å². The average Bonchev–Trinajstić information content (AvgIpc) is 3.27. The Hall–Kier alpha value is -3.68. The minimum absolute atomic E-state index is 0.0540. The second-order valence-electron chi connectivity index (χ2n) is 8.20. The molecule has 0 unspecified atom stereocenters. The van der Waals surface area contributed by atoms with Crippen LogP contribution in [-0.2, 0) is 6.18 Å². The minimum atomic E-state index is -4.40. The van der Waals surface area contributed by atoms with Gasteiger partial charge in [-0.25, -0.2) is 0 Å². The first-order chi connectivity index (χ1) is 15.9. The molecule has 1 saturated heterocycles. The molecule has 0 radical (unpaired) electrons. The third kappa shape index (κ3) is 4.08.